The fourth-order valence-corrected chi connectivity index (χ4v) is 3.60. The summed E-state index contributed by atoms with van der Waals surface area (Å²) in [6.45, 7) is 4.63. The van der Waals surface area contributed by atoms with Gasteiger partial charge in [0.25, 0.3) is 5.91 Å². The predicted octanol–water partition coefficient (Wildman–Crippen LogP) is 3.51. The largest absolute Gasteiger partial charge is 0.497 e. The Labute approximate surface area is 187 Å². The van der Waals surface area contributed by atoms with Gasteiger partial charge >= 0.3 is 0 Å². The molecule has 0 bridgehead atoms. The van der Waals surface area contributed by atoms with Crippen LogP contribution >= 0.6 is 0 Å². The van der Waals surface area contributed by atoms with E-state index in [2.05, 4.69) is 27.3 Å². The number of nitrogens with zero attached hydrogens (tertiary/aromatic N) is 4. The summed E-state index contributed by atoms with van der Waals surface area (Å²) in [4.78, 5) is 17.0. The first kappa shape index (κ1) is 21.4. The van der Waals surface area contributed by atoms with Crippen LogP contribution in [0.15, 0.2) is 54.6 Å². The van der Waals surface area contributed by atoms with Crippen LogP contribution in [-0.2, 0) is 0 Å². The number of rotatable bonds is 6. The third-order valence-corrected chi connectivity index (χ3v) is 5.46. The van der Waals surface area contributed by atoms with Gasteiger partial charge in [-0.25, -0.2) is 0 Å². The summed E-state index contributed by atoms with van der Waals surface area (Å²) in [6.07, 6.45) is 0. The van der Waals surface area contributed by atoms with Crippen molar-refractivity contribution in [2.24, 2.45) is 0 Å². The van der Waals surface area contributed by atoms with E-state index in [-0.39, 0.29) is 5.91 Å². The number of nitrogens with one attached hydrogen (secondary N) is 1. The molecule has 0 atom stereocenters. The van der Waals surface area contributed by atoms with Crippen molar-refractivity contribution in [2.45, 2.75) is 6.92 Å². The van der Waals surface area contributed by atoms with E-state index >= 15 is 0 Å². The second-order valence-corrected chi connectivity index (χ2v) is 7.65. The number of carbonyl (C=O) groups is 1. The standard InChI is InChI=1S/C24H27N5O3/c1-17-4-6-19(7-5-17)25-22-8-9-23(27-26-22)28-10-12-29(13-11-28)24(30)18-14-20(31-2)16-21(15-18)32-3/h4-9,14-16H,10-13H2,1-3H3,(H,25,26). The molecular weight excluding hydrogens is 406 g/mol. The van der Waals surface area contributed by atoms with E-state index < -0.39 is 0 Å². The van der Waals surface area contributed by atoms with Gasteiger partial charge in [-0.3, -0.25) is 4.79 Å². The summed E-state index contributed by atoms with van der Waals surface area (Å²) < 4.78 is 10.6. The Morgan fingerprint density at radius 2 is 1.53 bits per heavy atom. The molecule has 1 N–H and O–H groups in total. The minimum Gasteiger partial charge on any atom is -0.497 e. The van der Waals surface area contributed by atoms with Crippen molar-refractivity contribution >= 4 is 23.2 Å². The van der Waals surface area contributed by atoms with Crippen LogP contribution in [0.1, 0.15) is 15.9 Å². The molecule has 1 amide bonds. The van der Waals surface area contributed by atoms with E-state index in [4.69, 9.17) is 9.47 Å². The van der Waals surface area contributed by atoms with Gasteiger partial charge in [0.05, 0.1) is 14.2 Å². The fourth-order valence-electron chi connectivity index (χ4n) is 3.60. The lowest BCUT2D eigenvalue weighted by Crippen LogP contribution is -2.49. The molecule has 0 aliphatic carbocycles. The highest BCUT2D eigenvalue weighted by Crippen LogP contribution is 2.24. The molecule has 0 radical (unpaired) electrons. The van der Waals surface area contributed by atoms with E-state index in [0.717, 1.165) is 11.5 Å². The summed E-state index contributed by atoms with van der Waals surface area (Å²) >= 11 is 0. The number of piperazine rings is 1. The van der Waals surface area contributed by atoms with Crippen LogP contribution in [0.4, 0.5) is 17.3 Å². The van der Waals surface area contributed by atoms with Gasteiger partial charge in [0.2, 0.25) is 0 Å². The highest BCUT2D eigenvalue weighted by Gasteiger charge is 2.24. The summed E-state index contributed by atoms with van der Waals surface area (Å²) in [6, 6.07) is 17.2. The fraction of sp³-hybridized carbons (Fsp3) is 0.292. The molecule has 0 saturated carbocycles. The minimum atomic E-state index is -0.0365. The number of aromatic nitrogens is 2. The van der Waals surface area contributed by atoms with Crippen molar-refractivity contribution in [3.05, 3.63) is 65.7 Å². The lowest BCUT2D eigenvalue weighted by Gasteiger charge is -2.35. The monoisotopic (exact) mass is 433 g/mol. The SMILES string of the molecule is COc1cc(OC)cc(C(=O)N2CCN(c3ccc(Nc4ccc(C)cc4)nn3)CC2)c1. The van der Waals surface area contributed by atoms with Gasteiger partial charge in [0.1, 0.15) is 11.5 Å². The number of ether oxygens (including phenoxy) is 2. The first-order chi connectivity index (χ1) is 15.6. The zero-order valence-electron chi connectivity index (χ0n) is 18.5. The second kappa shape index (κ2) is 9.55. The zero-order valence-corrected chi connectivity index (χ0v) is 18.5. The Balaban J connectivity index is 1.36. The van der Waals surface area contributed by atoms with Crippen LogP contribution in [0.25, 0.3) is 0 Å². The van der Waals surface area contributed by atoms with Crippen LogP contribution in [-0.4, -0.2) is 61.4 Å². The van der Waals surface area contributed by atoms with Crippen molar-refractivity contribution in [3.63, 3.8) is 0 Å². The summed E-state index contributed by atoms with van der Waals surface area (Å²) in [5, 5.41) is 11.9. The van der Waals surface area contributed by atoms with Gasteiger partial charge in [-0.05, 0) is 43.3 Å². The van der Waals surface area contributed by atoms with E-state index in [9.17, 15) is 4.79 Å². The number of carbonyl (C=O) groups excluding carboxylic acids is 1. The molecule has 3 aromatic rings. The van der Waals surface area contributed by atoms with E-state index in [1.165, 1.54) is 5.56 Å². The van der Waals surface area contributed by atoms with Gasteiger partial charge in [-0.2, -0.15) is 0 Å². The Hall–Kier alpha value is -3.81. The normalized spacial score (nSPS) is 13.6. The molecule has 2 heterocycles. The number of hydrogen-bond donors (Lipinski definition) is 1. The van der Waals surface area contributed by atoms with Crippen molar-refractivity contribution in [1.82, 2.24) is 15.1 Å². The quantitative estimate of drug-likeness (QED) is 0.637. The maximum atomic E-state index is 13.0. The van der Waals surface area contributed by atoms with Gasteiger partial charge in [-0.15, -0.1) is 10.2 Å². The van der Waals surface area contributed by atoms with Crippen molar-refractivity contribution in [2.75, 3.05) is 50.6 Å². The van der Waals surface area contributed by atoms with Crippen LogP contribution < -0.4 is 19.7 Å². The highest BCUT2D eigenvalue weighted by molar-refractivity contribution is 5.95. The topological polar surface area (TPSA) is 79.8 Å². The highest BCUT2D eigenvalue weighted by atomic mass is 16.5. The number of hydrogen-bond acceptors (Lipinski definition) is 7. The number of methoxy groups -OCH3 is 2. The molecule has 32 heavy (non-hydrogen) atoms. The third-order valence-electron chi connectivity index (χ3n) is 5.46. The molecule has 166 valence electrons. The number of benzene rings is 2. The Bertz CT molecular complexity index is 1040. The third kappa shape index (κ3) is 4.91. The molecule has 8 heteroatoms. The van der Waals surface area contributed by atoms with Gasteiger partial charge < -0.3 is 24.6 Å². The van der Waals surface area contributed by atoms with Crippen molar-refractivity contribution in [3.8, 4) is 11.5 Å². The number of aryl methyl sites for hydroxylation is 1. The second-order valence-electron chi connectivity index (χ2n) is 7.65. The molecule has 1 fully saturated rings. The van der Waals surface area contributed by atoms with Crippen LogP contribution in [0, 0.1) is 6.92 Å². The maximum absolute atomic E-state index is 13.0. The summed E-state index contributed by atoms with van der Waals surface area (Å²) in [5.74, 6) is 2.65. The number of anilines is 3. The zero-order chi connectivity index (χ0) is 22.5. The Morgan fingerprint density at radius 3 is 2.09 bits per heavy atom. The smallest absolute Gasteiger partial charge is 0.254 e. The molecule has 1 saturated heterocycles. The van der Waals surface area contributed by atoms with E-state index in [0.29, 0.717) is 49.1 Å². The van der Waals surface area contributed by atoms with Gasteiger partial charge in [0.15, 0.2) is 11.6 Å². The Morgan fingerprint density at radius 1 is 0.875 bits per heavy atom. The Kier molecular flexibility index (Phi) is 6.39. The van der Waals surface area contributed by atoms with Crippen molar-refractivity contribution in [1.29, 1.82) is 0 Å². The maximum Gasteiger partial charge on any atom is 0.254 e. The van der Waals surface area contributed by atoms with E-state index in [1.54, 1.807) is 32.4 Å². The molecule has 1 aromatic heterocycles. The van der Waals surface area contributed by atoms with Crippen molar-refractivity contribution < 1.29 is 14.3 Å². The molecule has 0 unspecified atom stereocenters. The lowest BCUT2D eigenvalue weighted by molar-refractivity contribution is 0.0745. The molecule has 0 spiro atoms. The van der Waals surface area contributed by atoms with E-state index in [1.807, 2.05) is 41.3 Å². The first-order valence-corrected chi connectivity index (χ1v) is 10.5. The lowest BCUT2D eigenvalue weighted by atomic mass is 10.1. The first-order valence-electron chi connectivity index (χ1n) is 10.5. The van der Waals surface area contributed by atoms with Crippen LogP contribution in [0.2, 0.25) is 0 Å². The molecule has 1 aliphatic heterocycles. The predicted molar refractivity (Wildman–Crippen MR) is 124 cm³/mol. The summed E-state index contributed by atoms with van der Waals surface area (Å²) in [7, 11) is 3.15. The molecular formula is C24H27N5O3. The minimum absolute atomic E-state index is 0.0365. The van der Waals surface area contributed by atoms with Crippen LogP contribution in [0.3, 0.4) is 0 Å². The molecule has 2 aromatic carbocycles. The van der Waals surface area contributed by atoms with Gasteiger partial charge in [-0.1, -0.05) is 17.7 Å². The molecule has 4 rings (SSSR count). The molecule has 1 aliphatic rings. The van der Waals surface area contributed by atoms with Crippen LogP contribution in [0.5, 0.6) is 11.5 Å². The average Bonchev–Trinajstić information content (AvgIpc) is 2.85. The van der Waals surface area contributed by atoms with Gasteiger partial charge in [0, 0.05) is 43.5 Å². The average molecular weight is 434 g/mol. The molecule has 8 nitrogen and oxygen atoms in total. The summed E-state index contributed by atoms with van der Waals surface area (Å²) in [5.41, 5.74) is 2.74. The number of amides is 1.